The van der Waals surface area contributed by atoms with Crippen molar-refractivity contribution < 1.29 is 4.79 Å². The van der Waals surface area contributed by atoms with E-state index in [-0.39, 0.29) is 5.78 Å². The van der Waals surface area contributed by atoms with Gasteiger partial charge in [0.2, 0.25) is 0 Å². The summed E-state index contributed by atoms with van der Waals surface area (Å²) >= 11 is 3.80. The fraction of sp³-hybridized carbons (Fsp3) is 0.385. The van der Waals surface area contributed by atoms with Crippen molar-refractivity contribution in [2.45, 2.75) is 40.5 Å². The quantitative estimate of drug-likeness (QED) is 0.222. The minimum Gasteiger partial charge on any atom is -0.293 e. The number of hydrogen-bond donors (Lipinski definition) is 0. The van der Waals surface area contributed by atoms with E-state index in [2.05, 4.69) is 24.8 Å². The predicted octanol–water partition coefficient (Wildman–Crippen LogP) is 7.59. The summed E-state index contributed by atoms with van der Waals surface area (Å²) in [5.41, 5.74) is 5.79. The minimum absolute atomic E-state index is 0.120. The van der Waals surface area contributed by atoms with Crippen LogP contribution in [0.5, 0.6) is 0 Å². The molecule has 0 radical (unpaired) electrons. The van der Waals surface area contributed by atoms with Crippen LogP contribution in [0.4, 0.5) is 0 Å². The van der Waals surface area contributed by atoms with Gasteiger partial charge in [0.25, 0.3) is 0 Å². The van der Waals surface area contributed by atoms with Crippen molar-refractivity contribution >= 4 is 39.8 Å². The third kappa shape index (κ3) is 7.93. The molecule has 1 nitrogen and oxygen atoms in total. The van der Waals surface area contributed by atoms with Crippen molar-refractivity contribution in [1.82, 2.24) is 0 Å². The van der Waals surface area contributed by atoms with E-state index in [9.17, 15) is 4.79 Å². The van der Waals surface area contributed by atoms with Gasteiger partial charge >= 0.3 is 0 Å². The second-order valence-electron chi connectivity index (χ2n) is 7.95. The highest BCUT2D eigenvalue weighted by Gasteiger charge is 2.26. The largest absolute Gasteiger partial charge is 0.293 e. The summed E-state index contributed by atoms with van der Waals surface area (Å²) in [6.07, 6.45) is 2.52. The lowest BCUT2D eigenvalue weighted by atomic mass is 9.84. The molecule has 0 spiro atoms. The highest BCUT2D eigenvalue weighted by atomic mass is 32.2. The molecule has 0 amide bonds. The first kappa shape index (κ1) is 23.6. The van der Waals surface area contributed by atoms with Gasteiger partial charge in [-0.15, -0.1) is 11.8 Å². The molecule has 0 aromatic heterocycles. The van der Waals surface area contributed by atoms with E-state index in [4.69, 9.17) is 0 Å². The van der Waals surface area contributed by atoms with E-state index in [1.807, 2.05) is 81.1 Å². The summed E-state index contributed by atoms with van der Waals surface area (Å²) in [6.45, 7) is 8.15. The number of carbonyl (C=O) groups excluding carboxylic acids is 1. The van der Waals surface area contributed by atoms with E-state index in [0.29, 0.717) is 5.57 Å². The fourth-order valence-electron chi connectivity index (χ4n) is 2.69. The predicted molar refractivity (Wildman–Crippen MR) is 132 cm³/mol. The van der Waals surface area contributed by atoms with E-state index in [0.717, 1.165) is 27.5 Å². The average Bonchev–Trinajstić information content (AvgIpc) is 2.73. The van der Waals surface area contributed by atoms with Crippen LogP contribution in [-0.2, 0) is 4.79 Å². The van der Waals surface area contributed by atoms with Crippen LogP contribution in [0.3, 0.4) is 0 Å². The number of hydrogen-bond acceptors (Lipinski definition) is 3. The summed E-state index contributed by atoms with van der Waals surface area (Å²) in [7, 11) is 0. The van der Waals surface area contributed by atoms with Crippen LogP contribution in [0.2, 0.25) is 0 Å². The number of thioether (sulfide) groups is 2. The molecule has 0 unspecified atom stereocenters. The Balaban J connectivity index is 2.44. The van der Waals surface area contributed by atoms with Crippen LogP contribution in [-0.4, -0.2) is 23.0 Å². The van der Waals surface area contributed by atoms with Gasteiger partial charge < -0.3 is 0 Å². The van der Waals surface area contributed by atoms with Gasteiger partial charge in [0.05, 0.1) is 10.5 Å². The SMILES string of the molecule is CCCCSCCSC(=C=C(C(=O)C(C)(C)C)c1ccccc1)c1ccccc1. The molecule has 0 saturated carbocycles. The van der Waals surface area contributed by atoms with Gasteiger partial charge in [-0.05, 0) is 23.3 Å². The molecule has 0 N–H and O–H groups in total. The molecule has 0 saturated heterocycles. The molecule has 2 aromatic carbocycles. The third-order valence-electron chi connectivity index (χ3n) is 4.36. The zero-order valence-corrected chi connectivity index (χ0v) is 19.7. The number of benzene rings is 2. The minimum atomic E-state index is -0.458. The topological polar surface area (TPSA) is 17.1 Å². The molecule has 154 valence electrons. The lowest BCUT2D eigenvalue weighted by Gasteiger charge is -2.18. The zero-order valence-electron chi connectivity index (χ0n) is 18.0. The van der Waals surface area contributed by atoms with E-state index in [1.54, 1.807) is 11.8 Å². The van der Waals surface area contributed by atoms with Gasteiger partial charge in [-0.2, -0.15) is 11.8 Å². The van der Waals surface area contributed by atoms with Gasteiger partial charge in [-0.3, -0.25) is 4.79 Å². The molecule has 0 fully saturated rings. The van der Waals surface area contributed by atoms with Crippen LogP contribution < -0.4 is 0 Å². The lowest BCUT2D eigenvalue weighted by molar-refractivity contribution is -0.120. The Morgan fingerprint density at radius 2 is 1.45 bits per heavy atom. The van der Waals surface area contributed by atoms with Crippen LogP contribution in [0.25, 0.3) is 10.5 Å². The first-order valence-corrected chi connectivity index (χ1v) is 12.4. The summed E-state index contributed by atoms with van der Waals surface area (Å²) in [6, 6.07) is 20.2. The smallest absolute Gasteiger partial charge is 0.176 e. The van der Waals surface area contributed by atoms with Gasteiger partial charge in [-0.25, -0.2) is 0 Å². The number of rotatable bonds is 10. The first-order valence-electron chi connectivity index (χ1n) is 10.3. The summed E-state index contributed by atoms with van der Waals surface area (Å²) in [5, 5.41) is 0. The second kappa shape index (κ2) is 12.1. The maximum Gasteiger partial charge on any atom is 0.176 e. The molecule has 0 heterocycles. The van der Waals surface area contributed by atoms with Crippen molar-refractivity contribution in [3.05, 3.63) is 77.5 Å². The third-order valence-corrected chi connectivity index (χ3v) is 6.72. The second-order valence-corrected chi connectivity index (χ2v) is 10.3. The van der Waals surface area contributed by atoms with Crippen molar-refractivity contribution in [3.63, 3.8) is 0 Å². The van der Waals surface area contributed by atoms with Crippen molar-refractivity contribution in [1.29, 1.82) is 0 Å². The van der Waals surface area contributed by atoms with Gasteiger partial charge in [0.1, 0.15) is 0 Å². The molecule has 2 rings (SSSR count). The van der Waals surface area contributed by atoms with Crippen LogP contribution in [0.1, 0.15) is 51.7 Å². The molecular weight excluding hydrogens is 392 g/mol. The number of allylic oxidation sites excluding steroid dienone is 1. The van der Waals surface area contributed by atoms with Crippen LogP contribution >= 0.6 is 23.5 Å². The molecule has 0 aliphatic heterocycles. The van der Waals surface area contributed by atoms with E-state index in [1.165, 1.54) is 18.6 Å². The number of Topliss-reactive ketones (excluding diaryl/α,β-unsaturated/α-hetero) is 1. The Kier molecular flexibility index (Phi) is 9.87. The normalized spacial score (nSPS) is 11.0. The lowest BCUT2D eigenvalue weighted by Crippen LogP contribution is -2.21. The van der Waals surface area contributed by atoms with Gasteiger partial charge in [0, 0.05) is 16.9 Å². The van der Waals surface area contributed by atoms with Gasteiger partial charge in [-0.1, -0.05) is 101 Å². The zero-order chi connectivity index (χ0) is 21.1. The highest BCUT2D eigenvalue weighted by Crippen LogP contribution is 2.32. The Morgan fingerprint density at radius 3 is 2.00 bits per heavy atom. The van der Waals surface area contributed by atoms with Crippen molar-refractivity contribution in [2.24, 2.45) is 5.41 Å². The number of carbonyl (C=O) groups is 1. The average molecular weight is 425 g/mol. The van der Waals surface area contributed by atoms with Crippen molar-refractivity contribution in [3.8, 4) is 0 Å². The molecule has 0 aliphatic carbocycles. The summed E-state index contributed by atoms with van der Waals surface area (Å²) < 4.78 is 0. The molecule has 0 bridgehead atoms. The number of ketones is 1. The van der Waals surface area contributed by atoms with Crippen molar-refractivity contribution in [2.75, 3.05) is 17.3 Å². The van der Waals surface area contributed by atoms with E-state index < -0.39 is 5.41 Å². The Bertz CT molecular complexity index is 826. The van der Waals surface area contributed by atoms with Crippen LogP contribution in [0.15, 0.2) is 66.4 Å². The van der Waals surface area contributed by atoms with Gasteiger partial charge in [0.15, 0.2) is 5.78 Å². The fourth-order valence-corrected chi connectivity index (χ4v) is 4.87. The Morgan fingerprint density at radius 1 is 0.862 bits per heavy atom. The molecular formula is C26H32OS2. The molecule has 2 aromatic rings. The Labute approximate surface area is 185 Å². The highest BCUT2D eigenvalue weighted by molar-refractivity contribution is 8.09. The maximum atomic E-state index is 13.3. The maximum absolute atomic E-state index is 13.3. The van der Waals surface area contributed by atoms with E-state index >= 15 is 0 Å². The molecule has 0 atom stereocenters. The number of unbranched alkanes of at least 4 members (excludes halogenated alkanes) is 1. The Hall–Kier alpha value is -1.67. The monoisotopic (exact) mass is 424 g/mol. The standard InChI is InChI=1S/C26H32OS2/c1-5-6-17-28-18-19-29-24(22-15-11-8-12-16-22)20-23(25(27)26(2,3)4)21-13-9-7-10-14-21/h7-16H,5-6,17-19H2,1-4H3. The molecule has 3 heteroatoms. The molecule has 0 aliphatic rings. The summed E-state index contributed by atoms with van der Waals surface area (Å²) in [5.74, 6) is 3.46. The first-order chi connectivity index (χ1) is 13.9. The van der Waals surface area contributed by atoms with Crippen LogP contribution in [0, 0.1) is 5.41 Å². The summed E-state index contributed by atoms with van der Waals surface area (Å²) in [4.78, 5) is 14.3. The molecule has 29 heavy (non-hydrogen) atoms.